The Morgan fingerprint density at radius 3 is 2.41 bits per heavy atom. The van der Waals surface area contributed by atoms with Gasteiger partial charge in [0, 0.05) is 19.5 Å². The van der Waals surface area contributed by atoms with E-state index in [4.69, 9.17) is 5.11 Å². The summed E-state index contributed by atoms with van der Waals surface area (Å²) in [5.74, 6) is -1.42. The summed E-state index contributed by atoms with van der Waals surface area (Å²) in [5.41, 5.74) is 0.825. The van der Waals surface area contributed by atoms with Crippen molar-refractivity contribution in [3.63, 3.8) is 0 Å². The van der Waals surface area contributed by atoms with E-state index in [9.17, 15) is 18.0 Å². The highest BCUT2D eigenvalue weighted by atomic mass is 32.2. The topological polar surface area (TPSA) is 104 Å². The molecule has 1 saturated heterocycles. The van der Waals surface area contributed by atoms with Crippen molar-refractivity contribution in [3.05, 3.63) is 42.0 Å². The Morgan fingerprint density at radius 1 is 1.22 bits per heavy atom. The van der Waals surface area contributed by atoms with Crippen LogP contribution in [0.1, 0.15) is 38.2 Å². The van der Waals surface area contributed by atoms with Crippen LogP contribution in [0.3, 0.4) is 0 Å². The van der Waals surface area contributed by atoms with E-state index in [1.807, 2.05) is 0 Å². The number of hydrogen-bond acceptors (Lipinski definition) is 4. The van der Waals surface area contributed by atoms with E-state index in [2.05, 4.69) is 5.32 Å². The molecule has 0 aliphatic carbocycles. The van der Waals surface area contributed by atoms with Crippen LogP contribution in [0.2, 0.25) is 0 Å². The molecule has 1 heterocycles. The molecule has 8 heteroatoms. The molecule has 1 atom stereocenters. The molecule has 1 unspecified atom stereocenters. The minimum Gasteiger partial charge on any atom is -0.480 e. The number of carbonyl (C=O) groups excluding carboxylic acids is 1. The second-order valence-corrected chi connectivity index (χ2v) is 8.46. The lowest BCUT2D eigenvalue weighted by atomic mass is 10.1. The fourth-order valence-electron chi connectivity index (χ4n) is 2.92. The molecule has 2 rings (SSSR count). The summed E-state index contributed by atoms with van der Waals surface area (Å²) in [6.07, 6.45) is 5.98. The maximum Gasteiger partial charge on any atom is 0.326 e. The number of sulfonamides is 1. The molecule has 7 nitrogen and oxygen atoms in total. The van der Waals surface area contributed by atoms with E-state index in [1.165, 1.54) is 4.31 Å². The van der Waals surface area contributed by atoms with Crippen molar-refractivity contribution in [1.82, 2.24) is 9.62 Å². The van der Waals surface area contributed by atoms with Gasteiger partial charge in [-0.15, -0.1) is 0 Å². The fraction of sp³-hybridized carbons (Fsp3) is 0.474. The van der Waals surface area contributed by atoms with Crippen LogP contribution in [-0.2, 0) is 26.0 Å². The average Bonchev–Trinajstić information content (AvgIpc) is 3.19. The molecule has 1 aromatic carbocycles. The van der Waals surface area contributed by atoms with Crippen LogP contribution in [-0.4, -0.2) is 48.8 Å². The monoisotopic (exact) mass is 394 g/mol. The summed E-state index contributed by atoms with van der Waals surface area (Å²) in [7, 11) is -3.44. The van der Waals surface area contributed by atoms with Gasteiger partial charge in [0.05, 0.1) is 4.90 Å². The van der Waals surface area contributed by atoms with Gasteiger partial charge in [-0.1, -0.05) is 24.3 Å². The van der Waals surface area contributed by atoms with Crippen molar-refractivity contribution in [2.75, 3.05) is 13.1 Å². The summed E-state index contributed by atoms with van der Waals surface area (Å²) in [4.78, 5) is 23.4. The average molecular weight is 394 g/mol. The molecule has 27 heavy (non-hydrogen) atoms. The number of amides is 1. The first kappa shape index (κ1) is 21.1. The molecule has 1 amide bonds. The van der Waals surface area contributed by atoms with Gasteiger partial charge >= 0.3 is 5.97 Å². The molecule has 0 spiro atoms. The molecule has 0 saturated carbocycles. The predicted molar refractivity (Wildman–Crippen MR) is 102 cm³/mol. The second kappa shape index (κ2) is 9.66. The minimum atomic E-state index is -3.44. The zero-order chi connectivity index (χ0) is 19.9. The number of benzene rings is 1. The lowest BCUT2D eigenvalue weighted by molar-refractivity contribution is -0.141. The molecule has 1 aliphatic rings. The molecule has 1 fully saturated rings. The molecule has 0 radical (unpaired) electrons. The van der Waals surface area contributed by atoms with Gasteiger partial charge in [-0.3, -0.25) is 4.79 Å². The Morgan fingerprint density at radius 2 is 1.85 bits per heavy atom. The van der Waals surface area contributed by atoms with Crippen LogP contribution in [0.5, 0.6) is 0 Å². The molecule has 148 valence electrons. The molecule has 0 aromatic heterocycles. The number of carboxylic acids is 1. The Balaban J connectivity index is 1.90. The Hall–Kier alpha value is -2.19. The number of hydrogen-bond donors (Lipinski definition) is 2. The lowest BCUT2D eigenvalue weighted by Crippen LogP contribution is -2.40. The van der Waals surface area contributed by atoms with E-state index in [0.29, 0.717) is 19.5 Å². The SMILES string of the molecule is C/C=C/CC(NC(=O)CCc1ccc(S(=O)(=O)N2CCCC2)cc1)C(=O)O. The number of aryl methyl sites for hydroxylation is 1. The van der Waals surface area contributed by atoms with Crippen molar-refractivity contribution in [2.45, 2.75) is 50.0 Å². The Kier molecular flexibility index (Phi) is 7.55. The fourth-order valence-corrected chi connectivity index (χ4v) is 4.44. The summed E-state index contributed by atoms with van der Waals surface area (Å²) >= 11 is 0. The van der Waals surface area contributed by atoms with Gasteiger partial charge in [-0.2, -0.15) is 4.31 Å². The van der Waals surface area contributed by atoms with Crippen LogP contribution < -0.4 is 5.32 Å². The lowest BCUT2D eigenvalue weighted by Gasteiger charge is -2.15. The van der Waals surface area contributed by atoms with Gasteiger partial charge in [0.15, 0.2) is 0 Å². The van der Waals surface area contributed by atoms with Gasteiger partial charge < -0.3 is 10.4 Å². The van der Waals surface area contributed by atoms with Crippen LogP contribution in [0, 0.1) is 0 Å². The maximum atomic E-state index is 12.5. The molecule has 2 N–H and O–H groups in total. The van der Waals surface area contributed by atoms with E-state index in [1.54, 1.807) is 43.3 Å². The van der Waals surface area contributed by atoms with Crippen molar-refractivity contribution < 1.29 is 23.1 Å². The number of rotatable bonds is 9. The highest BCUT2D eigenvalue weighted by Crippen LogP contribution is 2.21. The first-order valence-electron chi connectivity index (χ1n) is 9.07. The summed E-state index contributed by atoms with van der Waals surface area (Å²) in [5, 5.41) is 11.6. The van der Waals surface area contributed by atoms with Crippen molar-refractivity contribution >= 4 is 21.9 Å². The van der Waals surface area contributed by atoms with Crippen LogP contribution in [0.15, 0.2) is 41.3 Å². The molecule has 0 bridgehead atoms. The quantitative estimate of drug-likeness (QED) is 0.623. The first-order chi connectivity index (χ1) is 12.8. The second-order valence-electron chi connectivity index (χ2n) is 6.52. The van der Waals surface area contributed by atoms with E-state index in [-0.39, 0.29) is 23.6 Å². The van der Waals surface area contributed by atoms with Crippen molar-refractivity contribution in [1.29, 1.82) is 0 Å². The van der Waals surface area contributed by atoms with Crippen molar-refractivity contribution in [3.8, 4) is 0 Å². The van der Waals surface area contributed by atoms with Gasteiger partial charge in [0.2, 0.25) is 15.9 Å². The molecular formula is C19H26N2O5S. The van der Waals surface area contributed by atoms with Gasteiger partial charge in [0.25, 0.3) is 0 Å². The Bertz CT molecular complexity index is 781. The van der Waals surface area contributed by atoms with Crippen LogP contribution in [0.4, 0.5) is 0 Å². The van der Waals surface area contributed by atoms with E-state index < -0.39 is 22.0 Å². The zero-order valence-corrected chi connectivity index (χ0v) is 16.2. The summed E-state index contributed by atoms with van der Waals surface area (Å²) in [6, 6.07) is 5.58. The molecular weight excluding hydrogens is 368 g/mol. The number of allylic oxidation sites excluding steroid dienone is 1. The van der Waals surface area contributed by atoms with E-state index in [0.717, 1.165) is 18.4 Å². The molecule has 1 aromatic rings. The number of nitrogens with one attached hydrogen (secondary N) is 1. The van der Waals surface area contributed by atoms with Gasteiger partial charge in [-0.25, -0.2) is 13.2 Å². The summed E-state index contributed by atoms with van der Waals surface area (Å²) < 4.78 is 26.5. The number of carboxylic acid groups (broad SMARTS) is 1. The normalized spacial score (nSPS) is 16.5. The largest absolute Gasteiger partial charge is 0.480 e. The third kappa shape index (κ3) is 5.90. The highest BCUT2D eigenvalue weighted by molar-refractivity contribution is 7.89. The number of aliphatic carboxylic acids is 1. The summed E-state index contributed by atoms with van der Waals surface area (Å²) in [6.45, 7) is 2.90. The van der Waals surface area contributed by atoms with Gasteiger partial charge in [-0.05, 0) is 50.3 Å². The first-order valence-corrected chi connectivity index (χ1v) is 10.5. The smallest absolute Gasteiger partial charge is 0.326 e. The third-order valence-electron chi connectivity index (χ3n) is 4.51. The number of nitrogens with zero attached hydrogens (tertiary/aromatic N) is 1. The van der Waals surface area contributed by atoms with Crippen LogP contribution >= 0.6 is 0 Å². The minimum absolute atomic E-state index is 0.137. The standard InChI is InChI=1S/C19H26N2O5S/c1-2-3-6-17(19(23)24)20-18(22)12-9-15-7-10-16(11-8-15)27(25,26)21-13-4-5-14-21/h2-3,7-8,10-11,17H,4-6,9,12-14H2,1H3,(H,20,22)(H,23,24)/b3-2+. The van der Waals surface area contributed by atoms with E-state index >= 15 is 0 Å². The number of carbonyl (C=O) groups is 2. The van der Waals surface area contributed by atoms with Crippen LogP contribution in [0.25, 0.3) is 0 Å². The van der Waals surface area contributed by atoms with Gasteiger partial charge in [0.1, 0.15) is 6.04 Å². The Labute approximate surface area is 160 Å². The maximum absolute atomic E-state index is 12.5. The highest BCUT2D eigenvalue weighted by Gasteiger charge is 2.26. The molecule has 1 aliphatic heterocycles. The third-order valence-corrected chi connectivity index (χ3v) is 6.42. The van der Waals surface area contributed by atoms with Crippen molar-refractivity contribution in [2.24, 2.45) is 0 Å². The predicted octanol–water partition coefficient (Wildman–Crippen LogP) is 1.94. The zero-order valence-electron chi connectivity index (χ0n) is 15.4.